The van der Waals surface area contributed by atoms with Gasteiger partial charge < -0.3 is 20.7 Å². The summed E-state index contributed by atoms with van der Waals surface area (Å²) < 4.78 is 64.0. The van der Waals surface area contributed by atoms with Crippen molar-refractivity contribution < 1.29 is 36.3 Å². The molecule has 2 saturated carbocycles. The first-order valence-corrected chi connectivity index (χ1v) is 18.2. The van der Waals surface area contributed by atoms with E-state index in [0.29, 0.717) is 37.1 Å². The highest BCUT2D eigenvalue weighted by molar-refractivity contribution is 7.91. The van der Waals surface area contributed by atoms with Crippen LogP contribution in [0.15, 0.2) is 48.5 Å². The largest absolute Gasteiger partial charge is 0.472 e. The average Bonchev–Trinajstić information content (AvgIpc) is 3.97. The predicted octanol–water partition coefficient (Wildman–Crippen LogP) is 3.54. The second kappa shape index (κ2) is 12.2. The zero-order chi connectivity index (χ0) is 33.8. The maximum atomic E-state index is 15.1. The van der Waals surface area contributed by atoms with E-state index in [9.17, 15) is 22.8 Å². The van der Waals surface area contributed by atoms with Gasteiger partial charge in [-0.25, -0.2) is 22.2 Å². The molecule has 11 nitrogen and oxygen atoms in total. The first kappa shape index (κ1) is 32.6. The van der Waals surface area contributed by atoms with E-state index >= 15 is 8.78 Å². The van der Waals surface area contributed by atoms with Crippen LogP contribution in [0.25, 0.3) is 21.7 Å². The van der Waals surface area contributed by atoms with E-state index in [4.69, 9.17) is 15.5 Å². The number of alkyl halides is 2. The zero-order valence-corrected chi connectivity index (χ0v) is 27.2. The number of aromatic nitrogens is 1. The fourth-order valence-corrected chi connectivity index (χ4v) is 8.63. The van der Waals surface area contributed by atoms with E-state index in [2.05, 4.69) is 10.0 Å². The lowest BCUT2D eigenvalue weighted by Gasteiger charge is -2.28. The summed E-state index contributed by atoms with van der Waals surface area (Å²) in [6, 6.07) is 13.1. The first-order chi connectivity index (χ1) is 22.9. The molecule has 5 atom stereocenters. The number of nitrogens with two attached hydrogens (primary N) is 1. The highest BCUT2D eigenvalue weighted by Gasteiger charge is 2.65. The molecule has 0 spiro atoms. The molecule has 0 radical (unpaired) electrons. The highest BCUT2D eigenvalue weighted by Crippen LogP contribution is 2.51. The molecule has 2 aromatic carbocycles. The molecule has 3 heterocycles. The summed E-state index contributed by atoms with van der Waals surface area (Å²) in [6.45, 7) is 0.00418. The van der Waals surface area contributed by atoms with Gasteiger partial charge in [-0.15, -0.1) is 0 Å². The van der Waals surface area contributed by atoms with Gasteiger partial charge in [0.05, 0.1) is 23.4 Å². The number of para-hydroxylation sites is 1. The van der Waals surface area contributed by atoms with Gasteiger partial charge in [-0.3, -0.25) is 19.1 Å². The standard InChI is InChI=1S/C34H39F2N5O6S/c35-33(36)15-7-1-2-11-26(37)31(43)41-19-21(47-30-25-10-4-3-8-23(25)24-9-5-6-12-27(24)38-30)16-28(41)29(42)39-34(18-20(34)17-33)32(44)40-48(45,46)22-13-14-22/h3-6,8-10,12,20-22,26,28H,1-2,7,11,13-19,37H2,(H,39,42)(H,40,44). The van der Waals surface area contributed by atoms with Gasteiger partial charge in [-0.2, -0.15) is 0 Å². The van der Waals surface area contributed by atoms with Gasteiger partial charge >= 0.3 is 0 Å². The Morgan fingerprint density at radius 3 is 2.44 bits per heavy atom. The number of halogens is 2. The summed E-state index contributed by atoms with van der Waals surface area (Å²) in [5, 5.41) is 4.54. The Balaban J connectivity index is 1.19. The molecule has 5 unspecified atom stereocenters. The summed E-state index contributed by atoms with van der Waals surface area (Å²) in [5.41, 5.74) is 5.16. The minimum absolute atomic E-state index is 0.00418. The smallest absolute Gasteiger partial charge is 0.259 e. The molecular formula is C34H39F2N5O6S. The van der Waals surface area contributed by atoms with Crippen LogP contribution < -0.4 is 20.5 Å². The van der Waals surface area contributed by atoms with Crippen molar-refractivity contribution in [3.05, 3.63) is 48.5 Å². The molecule has 4 fully saturated rings. The number of amides is 3. The summed E-state index contributed by atoms with van der Waals surface area (Å²) in [5.74, 6) is -6.04. The molecule has 3 aromatic rings. The summed E-state index contributed by atoms with van der Waals surface area (Å²) >= 11 is 0. The van der Waals surface area contributed by atoms with E-state index in [1.54, 1.807) is 0 Å². The average molecular weight is 684 g/mol. The van der Waals surface area contributed by atoms with Crippen molar-refractivity contribution in [2.75, 3.05) is 6.54 Å². The molecule has 4 aliphatic rings. The van der Waals surface area contributed by atoms with Gasteiger partial charge in [-0.05, 0) is 55.5 Å². The molecule has 2 aliphatic heterocycles. The SMILES string of the molecule is NC1CCCCCC(F)(F)CC2CC2(C(=O)NS(=O)(=O)C2CC2)NC(=O)C2CC(Oc3nc4ccccc4c4ccccc34)CN2C1=O. The van der Waals surface area contributed by atoms with Crippen LogP contribution in [0.1, 0.15) is 64.2 Å². The molecule has 14 heteroatoms. The molecule has 3 amide bonds. The number of rotatable bonds is 5. The maximum Gasteiger partial charge on any atom is 0.259 e. The van der Waals surface area contributed by atoms with Crippen molar-refractivity contribution in [1.82, 2.24) is 19.9 Å². The Kier molecular flexibility index (Phi) is 8.30. The number of nitrogens with one attached hydrogen (secondary N) is 2. The second-order valence-electron chi connectivity index (χ2n) is 13.8. The summed E-state index contributed by atoms with van der Waals surface area (Å²) in [6.07, 6.45) is 0.203. The minimum Gasteiger partial charge on any atom is -0.472 e. The number of nitrogens with zero attached hydrogens (tertiary/aromatic N) is 2. The van der Waals surface area contributed by atoms with Gasteiger partial charge in [0.1, 0.15) is 17.7 Å². The highest BCUT2D eigenvalue weighted by atomic mass is 32.2. The van der Waals surface area contributed by atoms with Crippen molar-refractivity contribution in [2.45, 2.75) is 99.1 Å². The van der Waals surface area contributed by atoms with E-state index in [0.717, 1.165) is 16.2 Å². The van der Waals surface area contributed by atoms with Crippen molar-refractivity contribution in [3.8, 4) is 5.88 Å². The quantitative estimate of drug-likeness (QED) is 0.345. The Bertz CT molecular complexity index is 1890. The number of sulfonamides is 1. The Labute approximate surface area is 277 Å². The van der Waals surface area contributed by atoms with E-state index < -0.39 is 81.4 Å². The van der Waals surface area contributed by atoms with E-state index in [-0.39, 0.29) is 32.2 Å². The number of hydrogen-bond donors (Lipinski definition) is 3. The fourth-order valence-electron chi connectivity index (χ4n) is 7.27. The van der Waals surface area contributed by atoms with Crippen LogP contribution in [0.2, 0.25) is 0 Å². The van der Waals surface area contributed by atoms with Crippen LogP contribution in [0, 0.1) is 5.92 Å². The Hall–Kier alpha value is -3.91. The van der Waals surface area contributed by atoms with Gasteiger partial charge in [0.15, 0.2) is 0 Å². The third-order valence-electron chi connectivity index (χ3n) is 10.2. The fraction of sp³-hybridized carbons (Fsp3) is 0.529. The van der Waals surface area contributed by atoms with Crippen LogP contribution in [-0.2, 0) is 24.4 Å². The zero-order valence-electron chi connectivity index (χ0n) is 26.4. The maximum absolute atomic E-state index is 15.1. The van der Waals surface area contributed by atoms with Crippen LogP contribution >= 0.6 is 0 Å². The van der Waals surface area contributed by atoms with Crippen molar-refractivity contribution in [1.29, 1.82) is 0 Å². The van der Waals surface area contributed by atoms with Crippen LogP contribution in [-0.4, -0.2) is 77.5 Å². The van der Waals surface area contributed by atoms with E-state index in [1.807, 2.05) is 48.5 Å². The van der Waals surface area contributed by atoms with Crippen molar-refractivity contribution >= 4 is 49.4 Å². The third-order valence-corrected chi connectivity index (χ3v) is 12.0. The predicted molar refractivity (Wildman–Crippen MR) is 173 cm³/mol. The lowest BCUT2D eigenvalue weighted by atomic mass is 10.0. The molecule has 48 heavy (non-hydrogen) atoms. The van der Waals surface area contributed by atoms with Crippen LogP contribution in [0.4, 0.5) is 8.78 Å². The lowest BCUT2D eigenvalue weighted by molar-refractivity contribution is -0.140. The van der Waals surface area contributed by atoms with Crippen molar-refractivity contribution in [2.24, 2.45) is 11.7 Å². The minimum atomic E-state index is -4.02. The number of pyridine rings is 1. The topological polar surface area (TPSA) is 161 Å². The molecule has 1 aromatic heterocycles. The molecule has 0 bridgehead atoms. The number of fused-ring (bicyclic) bond motifs is 5. The number of carbonyl (C=O) groups excluding carboxylic acids is 3. The van der Waals surface area contributed by atoms with Gasteiger partial charge in [0.25, 0.3) is 5.91 Å². The Morgan fingerprint density at radius 1 is 0.979 bits per heavy atom. The van der Waals surface area contributed by atoms with Gasteiger partial charge in [0.2, 0.25) is 33.6 Å². The third kappa shape index (κ3) is 6.31. The first-order valence-electron chi connectivity index (χ1n) is 16.6. The molecule has 2 aliphatic carbocycles. The van der Waals surface area contributed by atoms with Crippen LogP contribution in [0.5, 0.6) is 5.88 Å². The lowest BCUT2D eigenvalue weighted by Crippen LogP contribution is -2.58. The Morgan fingerprint density at radius 2 is 1.69 bits per heavy atom. The van der Waals surface area contributed by atoms with Crippen LogP contribution in [0.3, 0.4) is 0 Å². The molecule has 256 valence electrons. The molecular weight excluding hydrogens is 644 g/mol. The van der Waals surface area contributed by atoms with Gasteiger partial charge in [0, 0.05) is 30.0 Å². The van der Waals surface area contributed by atoms with Crippen molar-refractivity contribution in [3.63, 3.8) is 0 Å². The normalized spacial score (nSPS) is 29.7. The number of benzene rings is 2. The number of hydrogen-bond acceptors (Lipinski definition) is 8. The monoisotopic (exact) mass is 683 g/mol. The number of carbonyl (C=O) groups is 3. The summed E-state index contributed by atoms with van der Waals surface area (Å²) in [7, 11) is -4.02. The molecule has 2 saturated heterocycles. The van der Waals surface area contributed by atoms with Gasteiger partial charge in [-0.1, -0.05) is 49.2 Å². The second-order valence-corrected chi connectivity index (χ2v) is 15.7. The van der Waals surface area contributed by atoms with E-state index in [1.165, 1.54) is 4.90 Å². The molecule has 4 N–H and O–H groups in total. The molecule has 7 rings (SSSR count). The number of ether oxygens (including phenoxy) is 1. The summed E-state index contributed by atoms with van der Waals surface area (Å²) in [4.78, 5) is 47.4.